The molecule has 0 N–H and O–H groups in total. The van der Waals surface area contributed by atoms with E-state index in [1.165, 1.54) is 0 Å². The third-order valence-electron chi connectivity index (χ3n) is 2.25. The van der Waals surface area contributed by atoms with Gasteiger partial charge in [0.25, 0.3) is 0 Å². The monoisotopic (exact) mass is 232 g/mol. The van der Waals surface area contributed by atoms with Crippen LogP contribution in [-0.2, 0) is 11.3 Å². The highest BCUT2D eigenvalue weighted by Gasteiger charge is 1.95. The minimum atomic E-state index is 0.640. The normalized spacial score (nSPS) is 9.88. The second-order valence-electron chi connectivity index (χ2n) is 3.70. The molecule has 17 heavy (non-hydrogen) atoms. The molecule has 0 saturated carbocycles. The third-order valence-corrected chi connectivity index (χ3v) is 2.25. The van der Waals surface area contributed by atoms with Crippen molar-refractivity contribution in [2.45, 2.75) is 19.4 Å². The van der Waals surface area contributed by atoms with Gasteiger partial charge in [0.15, 0.2) is 0 Å². The molecule has 0 atom stereocenters. The van der Waals surface area contributed by atoms with E-state index in [1.54, 1.807) is 0 Å². The van der Waals surface area contributed by atoms with Crippen LogP contribution in [0.5, 0.6) is 5.75 Å². The Labute approximate surface area is 104 Å². The summed E-state index contributed by atoms with van der Waals surface area (Å²) < 4.78 is 11.0. The van der Waals surface area contributed by atoms with Crippen LogP contribution < -0.4 is 4.74 Å². The van der Waals surface area contributed by atoms with Gasteiger partial charge in [0, 0.05) is 0 Å². The van der Waals surface area contributed by atoms with Crippen LogP contribution in [-0.4, -0.2) is 13.2 Å². The fourth-order valence-electron chi connectivity index (χ4n) is 1.30. The molecule has 0 spiro atoms. The molecule has 2 nitrogen and oxygen atoms in total. The van der Waals surface area contributed by atoms with Gasteiger partial charge >= 0.3 is 0 Å². The zero-order valence-electron chi connectivity index (χ0n) is 10.2. The number of ether oxygens (including phenoxy) is 2. The van der Waals surface area contributed by atoms with Gasteiger partial charge in [0.2, 0.25) is 0 Å². The average Bonchev–Trinajstić information content (AvgIpc) is 2.37. The Kier molecular flexibility index (Phi) is 6.84. The summed E-state index contributed by atoms with van der Waals surface area (Å²) in [5.74, 6) is 0.890. The molecule has 0 aliphatic heterocycles. The lowest BCUT2D eigenvalue weighted by atomic mass is 10.2. The van der Waals surface area contributed by atoms with Gasteiger partial charge in [-0.25, -0.2) is 0 Å². The van der Waals surface area contributed by atoms with Crippen molar-refractivity contribution in [3.63, 3.8) is 0 Å². The maximum Gasteiger partial charge on any atom is 0.119 e. The van der Waals surface area contributed by atoms with Crippen molar-refractivity contribution >= 4 is 0 Å². The van der Waals surface area contributed by atoms with Gasteiger partial charge in [-0.3, -0.25) is 0 Å². The molecule has 2 heteroatoms. The van der Waals surface area contributed by atoms with Gasteiger partial charge in [0.05, 0.1) is 19.8 Å². The van der Waals surface area contributed by atoms with Gasteiger partial charge in [-0.2, -0.15) is 0 Å². The quantitative estimate of drug-likeness (QED) is 0.477. The maximum absolute atomic E-state index is 5.52. The molecule has 0 unspecified atom stereocenters. The lowest BCUT2D eigenvalue weighted by Crippen LogP contribution is -1.97. The Morgan fingerprint density at radius 1 is 0.941 bits per heavy atom. The first-order chi connectivity index (χ1) is 8.36. The molecule has 1 rings (SSSR count). The van der Waals surface area contributed by atoms with E-state index in [0.29, 0.717) is 13.2 Å². The molecular formula is C15H20O2. The maximum atomic E-state index is 5.52. The van der Waals surface area contributed by atoms with Gasteiger partial charge in [-0.15, -0.1) is 13.2 Å². The van der Waals surface area contributed by atoms with Crippen LogP contribution in [0.1, 0.15) is 18.4 Å². The molecule has 0 radical (unpaired) electrons. The predicted molar refractivity (Wildman–Crippen MR) is 71.2 cm³/mol. The van der Waals surface area contributed by atoms with E-state index in [9.17, 15) is 0 Å². The minimum Gasteiger partial charge on any atom is -0.493 e. The average molecular weight is 232 g/mol. The Morgan fingerprint density at radius 3 is 2.24 bits per heavy atom. The summed E-state index contributed by atoms with van der Waals surface area (Å²) in [6, 6.07) is 7.98. The van der Waals surface area contributed by atoms with Crippen molar-refractivity contribution in [1.29, 1.82) is 0 Å². The summed E-state index contributed by atoms with van der Waals surface area (Å²) in [7, 11) is 0. The molecule has 0 bridgehead atoms. The van der Waals surface area contributed by atoms with E-state index in [2.05, 4.69) is 13.2 Å². The molecule has 0 aliphatic rings. The molecule has 0 fully saturated rings. The lowest BCUT2D eigenvalue weighted by molar-refractivity contribution is 0.125. The first-order valence-electron chi connectivity index (χ1n) is 5.88. The largest absolute Gasteiger partial charge is 0.493 e. The van der Waals surface area contributed by atoms with E-state index >= 15 is 0 Å². The Hall–Kier alpha value is -1.54. The van der Waals surface area contributed by atoms with Crippen LogP contribution in [0.4, 0.5) is 0 Å². The van der Waals surface area contributed by atoms with Crippen LogP contribution in [0.25, 0.3) is 0 Å². The highest BCUT2D eigenvalue weighted by molar-refractivity contribution is 5.26. The van der Waals surface area contributed by atoms with E-state index < -0.39 is 0 Å². The molecule has 1 aromatic rings. The minimum absolute atomic E-state index is 0.640. The SMILES string of the molecule is C=CCCOCc1ccc(OCCC=C)cc1. The molecule has 0 amide bonds. The first kappa shape index (κ1) is 13.5. The summed E-state index contributed by atoms with van der Waals surface area (Å²) in [5, 5.41) is 0. The van der Waals surface area contributed by atoms with Gasteiger partial charge < -0.3 is 9.47 Å². The zero-order valence-corrected chi connectivity index (χ0v) is 10.2. The van der Waals surface area contributed by atoms with Gasteiger partial charge in [-0.05, 0) is 30.5 Å². The molecule has 0 aromatic heterocycles. The number of hydrogen-bond acceptors (Lipinski definition) is 2. The molecule has 1 aromatic carbocycles. The Morgan fingerprint density at radius 2 is 1.59 bits per heavy atom. The van der Waals surface area contributed by atoms with Crippen molar-refractivity contribution in [3.05, 3.63) is 55.1 Å². The topological polar surface area (TPSA) is 18.5 Å². The standard InChI is InChI=1S/C15H20O2/c1-3-5-11-16-13-14-7-9-15(10-8-14)17-12-6-4-2/h3-4,7-10H,1-2,5-6,11-13H2. The highest BCUT2D eigenvalue weighted by Crippen LogP contribution is 2.13. The van der Waals surface area contributed by atoms with Crippen LogP contribution in [0.15, 0.2) is 49.6 Å². The van der Waals surface area contributed by atoms with Crippen molar-refractivity contribution in [3.8, 4) is 5.75 Å². The van der Waals surface area contributed by atoms with Crippen LogP contribution in [0, 0.1) is 0 Å². The van der Waals surface area contributed by atoms with Crippen molar-refractivity contribution in [2.75, 3.05) is 13.2 Å². The second-order valence-corrected chi connectivity index (χ2v) is 3.70. The van der Waals surface area contributed by atoms with Crippen LogP contribution in [0.2, 0.25) is 0 Å². The van der Waals surface area contributed by atoms with E-state index in [4.69, 9.17) is 9.47 Å². The summed E-state index contributed by atoms with van der Waals surface area (Å²) in [4.78, 5) is 0. The summed E-state index contributed by atoms with van der Waals surface area (Å²) in [6.07, 6.45) is 5.47. The molecule has 0 heterocycles. The Balaban J connectivity index is 2.28. The van der Waals surface area contributed by atoms with Crippen molar-refractivity contribution in [2.24, 2.45) is 0 Å². The zero-order chi connectivity index (χ0) is 12.3. The van der Waals surface area contributed by atoms with Gasteiger partial charge in [0.1, 0.15) is 5.75 Å². The summed E-state index contributed by atoms with van der Waals surface area (Å²) in [5.41, 5.74) is 1.16. The number of rotatable bonds is 9. The fourth-order valence-corrected chi connectivity index (χ4v) is 1.30. The molecule has 92 valence electrons. The lowest BCUT2D eigenvalue weighted by Gasteiger charge is -2.06. The number of benzene rings is 1. The van der Waals surface area contributed by atoms with E-state index in [0.717, 1.165) is 30.8 Å². The van der Waals surface area contributed by atoms with Crippen LogP contribution >= 0.6 is 0 Å². The molecule has 0 saturated heterocycles. The van der Waals surface area contributed by atoms with E-state index in [1.807, 2.05) is 36.4 Å². The number of hydrogen-bond donors (Lipinski definition) is 0. The highest BCUT2D eigenvalue weighted by atomic mass is 16.5. The molecular weight excluding hydrogens is 212 g/mol. The predicted octanol–water partition coefficient (Wildman–Crippen LogP) is 3.73. The van der Waals surface area contributed by atoms with Crippen molar-refractivity contribution in [1.82, 2.24) is 0 Å². The first-order valence-corrected chi connectivity index (χ1v) is 5.88. The summed E-state index contributed by atoms with van der Waals surface area (Å²) in [6.45, 7) is 9.34. The Bertz CT molecular complexity index is 327. The second kappa shape index (κ2) is 8.59. The van der Waals surface area contributed by atoms with Crippen molar-refractivity contribution < 1.29 is 9.47 Å². The fraction of sp³-hybridized carbons (Fsp3) is 0.333. The molecule has 0 aliphatic carbocycles. The third kappa shape index (κ3) is 5.93. The van der Waals surface area contributed by atoms with E-state index in [-0.39, 0.29) is 0 Å². The van der Waals surface area contributed by atoms with Crippen LogP contribution in [0.3, 0.4) is 0 Å². The summed E-state index contributed by atoms with van der Waals surface area (Å²) >= 11 is 0. The smallest absolute Gasteiger partial charge is 0.119 e. The van der Waals surface area contributed by atoms with Gasteiger partial charge in [-0.1, -0.05) is 24.3 Å².